The van der Waals surface area contributed by atoms with Gasteiger partial charge in [-0.1, -0.05) is 31.5 Å². The summed E-state index contributed by atoms with van der Waals surface area (Å²) in [7, 11) is 0. The van der Waals surface area contributed by atoms with Crippen LogP contribution in [0, 0.1) is 12.8 Å². The van der Waals surface area contributed by atoms with Gasteiger partial charge in [0.2, 0.25) is 0 Å². The summed E-state index contributed by atoms with van der Waals surface area (Å²) in [5.41, 5.74) is 2.31. The van der Waals surface area contributed by atoms with Gasteiger partial charge in [0.25, 0.3) is 11.8 Å². The van der Waals surface area contributed by atoms with E-state index in [1.807, 2.05) is 50.8 Å². The van der Waals surface area contributed by atoms with Crippen molar-refractivity contribution in [1.82, 2.24) is 19.7 Å². The number of amides is 2. The molecule has 1 atom stereocenters. The van der Waals surface area contributed by atoms with E-state index < -0.39 is 0 Å². The number of benzene rings is 1. The zero-order valence-corrected chi connectivity index (χ0v) is 21.1. The van der Waals surface area contributed by atoms with Crippen molar-refractivity contribution in [2.24, 2.45) is 5.92 Å². The van der Waals surface area contributed by atoms with E-state index in [4.69, 9.17) is 10.1 Å². The van der Waals surface area contributed by atoms with Gasteiger partial charge in [-0.05, 0) is 77.1 Å². The Bertz CT molecular complexity index is 1200. The zero-order valence-electron chi connectivity index (χ0n) is 21.1. The Kier molecular flexibility index (Phi) is 6.47. The summed E-state index contributed by atoms with van der Waals surface area (Å²) in [6.45, 7) is 13.2. The molecule has 1 aliphatic heterocycles. The number of hydrogen-bond acceptors (Lipinski definition) is 4. The monoisotopic (exact) mass is 461 g/mol. The average molecular weight is 462 g/mol. The molecule has 1 saturated heterocycles. The predicted octanol–water partition coefficient (Wildman–Crippen LogP) is 5.40. The highest BCUT2D eigenvalue weighted by Crippen LogP contribution is 2.30. The number of carbonyl (C=O) groups is 2. The fourth-order valence-electron chi connectivity index (χ4n) is 4.61. The van der Waals surface area contributed by atoms with Crippen LogP contribution >= 0.6 is 0 Å². The van der Waals surface area contributed by atoms with Gasteiger partial charge < -0.3 is 10.2 Å². The third-order valence-corrected chi connectivity index (χ3v) is 6.31. The molecule has 180 valence electrons. The molecule has 0 bridgehead atoms. The van der Waals surface area contributed by atoms with Crippen LogP contribution in [-0.4, -0.2) is 44.1 Å². The summed E-state index contributed by atoms with van der Waals surface area (Å²) in [6, 6.07) is 11.2. The maximum Gasteiger partial charge on any atom is 0.275 e. The first-order valence-corrected chi connectivity index (χ1v) is 12.1. The van der Waals surface area contributed by atoms with E-state index >= 15 is 0 Å². The van der Waals surface area contributed by atoms with Crippen molar-refractivity contribution in [1.29, 1.82) is 0 Å². The van der Waals surface area contributed by atoms with Crippen LogP contribution in [0.25, 0.3) is 11.0 Å². The number of rotatable bonds is 5. The third kappa shape index (κ3) is 4.83. The molecule has 0 aliphatic carbocycles. The molecule has 0 unspecified atom stereocenters. The highest BCUT2D eigenvalue weighted by molar-refractivity contribution is 6.06. The van der Waals surface area contributed by atoms with Gasteiger partial charge in [-0.25, -0.2) is 9.67 Å². The van der Waals surface area contributed by atoms with Crippen LogP contribution in [0.4, 0.5) is 5.82 Å². The van der Waals surface area contributed by atoms with E-state index in [1.165, 1.54) is 0 Å². The minimum atomic E-state index is -0.383. The lowest BCUT2D eigenvalue weighted by atomic mass is 10.0. The van der Waals surface area contributed by atoms with Crippen molar-refractivity contribution in [3.05, 3.63) is 53.2 Å². The van der Waals surface area contributed by atoms with Gasteiger partial charge in [-0.2, -0.15) is 5.10 Å². The van der Waals surface area contributed by atoms with E-state index in [0.717, 1.165) is 31.4 Å². The van der Waals surface area contributed by atoms with E-state index in [2.05, 4.69) is 19.2 Å². The Labute approximate surface area is 201 Å². The van der Waals surface area contributed by atoms with E-state index in [0.29, 0.717) is 34.0 Å². The van der Waals surface area contributed by atoms with Crippen molar-refractivity contribution in [3.63, 3.8) is 0 Å². The molecule has 4 rings (SSSR count). The molecule has 0 spiro atoms. The van der Waals surface area contributed by atoms with Gasteiger partial charge in [-0.15, -0.1) is 0 Å². The lowest BCUT2D eigenvalue weighted by molar-refractivity contribution is 0.0716. The molecule has 1 N–H and O–H groups in total. The van der Waals surface area contributed by atoms with Gasteiger partial charge in [0.15, 0.2) is 11.3 Å². The number of aromatic nitrogens is 3. The van der Waals surface area contributed by atoms with Crippen molar-refractivity contribution in [2.45, 2.75) is 72.4 Å². The first-order valence-electron chi connectivity index (χ1n) is 12.1. The van der Waals surface area contributed by atoms with Crippen LogP contribution in [0.2, 0.25) is 0 Å². The molecular weight excluding hydrogens is 426 g/mol. The fraction of sp³-hybridized carbons (Fsp3) is 0.481. The molecule has 2 amide bonds. The number of carbonyl (C=O) groups excluding carboxylic acids is 2. The number of pyridine rings is 1. The number of nitrogens with zero attached hydrogens (tertiary/aromatic N) is 4. The molecular formula is C27H35N5O2. The van der Waals surface area contributed by atoms with Gasteiger partial charge in [0, 0.05) is 18.2 Å². The Hall–Kier alpha value is -3.22. The largest absolute Gasteiger partial charge is 0.334 e. The second kappa shape index (κ2) is 9.20. The van der Waals surface area contributed by atoms with Crippen molar-refractivity contribution in [3.8, 4) is 0 Å². The summed E-state index contributed by atoms with van der Waals surface area (Å²) >= 11 is 0. The average Bonchev–Trinajstić information content (AvgIpc) is 3.37. The number of likely N-dealkylation sites (tertiary alicyclic amines) is 1. The normalized spacial score (nSPS) is 16.4. The maximum absolute atomic E-state index is 13.6. The molecule has 1 aliphatic rings. The Morgan fingerprint density at radius 3 is 2.47 bits per heavy atom. The Morgan fingerprint density at radius 2 is 1.82 bits per heavy atom. The van der Waals surface area contributed by atoms with Crippen LogP contribution < -0.4 is 5.32 Å². The minimum Gasteiger partial charge on any atom is -0.334 e. The summed E-state index contributed by atoms with van der Waals surface area (Å²) in [5, 5.41) is 8.35. The SMILES string of the molecule is Cc1ccc(C(=O)Nc2ccc3c(C(=O)N4CCC[C@H]4CC(C)C)nn(C(C)(C)C)c3n2)cc1. The second-order valence-corrected chi connectivity index (χ2v) is 10.7. The maximum atomic E-state index is 13.6. The van der Waals surface area contributed by atoms with Gasteiger partial charge >= 0.3 is 0 Å². The summed E-state index contributed by atoms with van der Waals surface area (Å²) < 4.78 is 1.80. The number of nitrogens with one attached hydrogen (secondary N) is 1. The highest BCUT2D eigenvalue weighted by Gasteiger charge is 2.33. The number of hydrogen-bond donors (Lipinski definition) is 1. The first kappa shape index (κ1) is 23.9. The predicted molar refractivity (Wildman–Crippen MR) is 135 cm³/mol. The molecule has 3 aromatic rings. The van der Waals surface area contributed by atoms with Crippen LogP contribution in [0.3, 0.4) is 0 Å². The van der Waals surface area contributed by atoms with Gasteiger partial charge in [-0.3, -0.25) is 9.59 Å². The standard InChI is InChI=1S/C27H35N5O2/c1-17(2)16-20-8-7-15-31(20)26(34)23-21-13-14-22(28-24(21)32(30-23)27(4,5)6)29-25(33)19-11-9-18(3)10-12-19/h9-14,17,20H,7-8,15-16H2,1-6H3,(H,28,29,33)/t20-/m0/s1. The van der Waals surface area contributed by atoms with Gasteiger partial charge in [0.1, 0.15) is 5.82 Å². The topological polar surface area (TPSA) is 80.1 Å². The van der Waals surface area contributed by atoms with Crippen molar-refractivity contribution in [2.75, 3.05) is 11.9 Å². The third-order valence-electron chi connectivity index (χ3n) is 6.31. The van der Waals surface area contributed by atoms with Gasteiger partial charge in [0.05, 0.1) is 10.9 Å². The van der Waals surface area contributed by atoms with Crippen LogP contribution in [-0.2, 0) is 5.54 Å². The van der Waals surface area contributed by atoms with Crippen LogP contribution in [0.1, 0.15) is 80.3 Å². The lowest BCUT2D eigenvalue weighted by Crippen LogP contribution is -2.37. The zero-order chi connectivity index (χ0) is 24.6. The molecule has 1 aromatic carbocycles. The molecule has 1 fully saturated rings. The van der Waals surface area contributed by atoms with E-state index in [1.54, 1.807) is 22.9 Å². The Morgan fingerprint density at radius 1 is 1.12 bits per heavy atom. The number of anilines is 1. The molecule has 7 heteroatoms. The molecule has 3 heterocycles. The second-order valence-electron chi connectivity index (χ2n) is 10.7. The smallest absolute Gasteiger partial charge is 0.275 e. The van der Waals surface area contributed by atoms with Crippen LogP contribution in [0.15, 0.2) is 36.4 Å². The van der Waals surface area contributed by atoms with Crippen LogP contribution in [0.5, 0.6) is 0 Å². The molecule has 2 aromatic heterocycles. The van der Waals surface area contributed by atoms with E-state index in [9.17, 15) is 9.59 Å². The lowest BCUT2D eigenvalue weighted by Gasteiger charge is -2.25. The Balaban J connectivity index is 1.69. The van der Waals surface area contributed by atoms with Crippen molar-refractivity contribution >= 4 is 28.7 Å². The number of fused-ring (bicyclic) bond motifs is 1. The minimum absolute atomic E-state index is 0.0330. The quantitative estimate of drug-likeness (QED) is 0.552. The summed E-state index contributed by atoms with van der Waals surface area (Å²) in [4.78, 5) is 33.0. The summed E-state index contributed by atoms with van der Waals surface area (Å²) in [5.74, 6) is 0.706. The molecule has 0 saturated carbocycles. The molecule has 34 heavy (non-hydrogen) atoms. The molecule has 7 nitrogen and oxygen atoms in total. The van der Waals surface area contributed by atoms with E-state index in [-0.39, 0.29) is 23.4 Å². The fourth-order valence-corrected chi connectivity index (χ4v) is 4.61. The summed E-state index contributed by atoms with van der Waals surface area (Å²) in [6.07, 6.45) is 3.06. The molecule has 0 radical (unpaired) electrons. The first-order chi connectivity index (χ1) is 16.0. The highest BCUT2D eigenvalue weighted by atomic mass is 16.2. The van der Waals surface area contributed by atoms with Crippen molar-refractivity contribution < 1.29 is 9.59 Å². The number of aryl methyl sites for hydroxylation is 1.